The van der Waals surface area contributed by atoms with Crippen molar-refractivity contribution in [3.8, 4) is 5.69 Å². The topological polar surface area (TPSA) is 57.0 Å². The second kappa shape index (κ2) is 4.77. The second-order valence-electron chi connectivity index (χ2n) is 4.51. The smallest absolute Gasteiger partial charge is 0.338 e. The largest absolute Gasteiger partial charge is 0.465 e. The first kappa shape index (κ1) is 12.3. The zero-order chi connectivity index (χ0) is 14.1. The molecule has 0 aliphatic carbocycles. The van der Waals surface area contributed by atoms with E-state index in [0.717, 1.165) is 22.2 Å². The number of fused-ring (bicyclic) bond motifs is 1. The summed E-state index contributed by atoms with van der Waals surface area (Å²) < 4.78 is 6.56. The van der Waals surface area contributed by atoms with E-state index >= 15 is 0 Å². The maximum atomic E-state index is 11.8. The highest BCUT2D eigenvalue weighted by Crippen LogP contribution is 2.22. The first-order valence-corrected chi connectivity index (χ1v) is 6.18. The molecule has 2 heterocycles. The lowest BCUT2D eigenvalue weighted by Gasteiger charge is -2.05. The molecule has 3 rings (SSSR count). The number of ether oxygens (including phenoxy) is 1. The van der Waals surface area contributed by atoms with E-state index < -0.39 is 0 Å². The molecule has 0 fully saturated rings. The lowest BCUT2D eigenvalue weighted by atomic mass is 10.1. The van der Waals surface area contributed by atoms with Crippen LogP contribution >= 0.6 is 0 Å². The summed E-state index contributed by atoms with van der Waals surface area (Å²) in [7, 11) is 1.37. The van der Waals surface area contributed by atoms with Crippen LogP contribution in [0.4, 0.5) is 0 Å². The SMILES string of the molecule is COC(=O)c1cccc2c1cnn2-c1cncc(C)c1. The highest BCUT2D eigenvalue weighted by molar-refractivity contribution is 6.03. The van der Waals surface area contributed by atoms with Crippen LogP contribution in [0.2, 0.25) is 0 Å². The molecule has 0 amide bonds. The van der Waals surface area contributed by atoms with Gasteiger partial charge in [0.05, 0.1) is 36.3 Å². The van der Waals surface area contributed by atoms with Gasteiger partial charge in [0.15, 0.2) is 0 Å². The van der Waals surface area contributed by atoms with E-state index in [0.29, 0.717) is 5.56 Å². The first-order chi connectivity index (χ1) is 9.70. The minimum atomic E-state index is -0.363. The number of aromatic nitrogens is 3. The number of benzene rings is 1. The molecule has 0 saturated carbocycles. The van der Waals surface area contributed by atoms with Gasteiger partial charge in [-0.15, -0.1) is 0 Å². The van der Waals surface area contributed by atoms with Gasteiger partial charge in [0, 0.05) is 11.6 Å². The van der Waals surface area contributed by atoms with Crippen LogP contribution in [0.25, 0.3) is 16.6 Å². The fourth-order valence-corrected chi connectivity index (χ4v) is 2.20. The Balaban J connectivity index is 2.22. The van der Waals surface area contributed by atoms with Gasteiger partial charge in [0.2, 0.25) is 0 Å². The molecule has 0 unspecified atom stereocenters. The molecule has 100 valence electrons. The van der Waals surface area contributed by atoms with Crippen LogP contribution in [-0.2, 0) is 4.74 Å². The molecule has 20 heavy (non-hydrogen) atoms. The normalized spacial score (nSPS) is 10.7. The summed E-state index contributed by atoms with van der Waals surface area (Å²) in [5.74, 6) is -0.363. The Kier molecular flexibility index (Phi) is 2.95. The van der Waals surface area contributed by atoms with Gasteiger partial charge in [0.1, 0.15) is 0 Å². The van der Waals surface area contributed by atoms with Gasteiger partial charge in [0.25, 0.3) is 0 Å². The van der Waals surface area contributed by atoms with Crippen molar-refractivity contribution in [2.75, 3.05) is 7.11 Å². The average Bonchev–Trinajstić information content (AvgIpc) is 2.90. The number of hydrogen-bond acceptors (Lipinski definition) is 4. The number of hydrogen-bond donors (Lipinski definition) is 0. The van der Waals surface area contributed by atoms with Gasteiger partial charge in [-0.1, -0.05) is 6.07 Å². The summed E-state index contributed by atoms with van der Waals surface area (Å²) in [6, 6.07) is 7.45. The van der Waals surface area contributed by atoms with Crippen LogP contribution in [0.5, 0.6) is 0 Å². The fourth-order valence-electron chi connectivity index (χ4n) is 2.20. The Hall–Kier alpha value is -2.69. The van der Waals surface area contributed by atoms with Gasteiger partial charge >= 0.3 is 5.97 Å². The van der Waals surface area contributed by atoms with Gasteiger partial charge in [-0.25, -0.2) is 9.48 Å². The minimum absolute atomic E-state index is 0.363. The summed E-state index contributed by atoms with van der Waals surface area (Å²) in [6.45, 7) is 1.97. The quantitative estimate of drug-likeness (QED) is 0.669. The highest BCUT2D eigenvalue weighted by atomic mass is 16.5. The Morgan fingerprint density at radius 1 is 1.25 bits per heavy atom. The molecule has 0 spiro atoms. The first-order valence-electron chi connectivity index (χ1n) is 6.18. The van der Waals surface area contributed by atoms with Crippen molar-refractivity contribution in [1.82, 2.24) is 14.8 Å². The van der Waals surface area contributed by atoms with Gasteiger partial charge < -0.3 is 4.74 Å². The van der Waals surface area contributed by atoms with E-state index in [4.69, 9.17) is 4.74 Å². The lowest BCUT2D eigenvalue weighted by molar-refractivity contribution is 0.0603. The van der Waals surface area contributed by atoms with Crippen molar-refractivity contribution in [3.05, 3.63) is 54.0 Å². The van der Waals surface area contributed by atoms with Crippen LogP contribution in [-0.4, -0.2) is 27.8 Å². The molecule has 0 saturated heterocycles. The molecule has 1 aromatic carbocycles. The van der Waals surface area contributed by atoms with Gasteiger partial charge in [-0.05, 0) is 30.7 Å². The molecule has 0 N–H and O–H groups in total. The van der Waals surface area contributed by atoms with Crippen molar-refractivity contribution in [1.29, 1.82) is 0 Å². The van der Waals surface area contributed by atoms with Crippen LogP contribution in [0, 0.1) is 6.92 Å². The third-order valence-corrected chi connectivity index (χ3v) is 3.12. The Labute approximate surface area is 115 Å². The molecule has 3 aromatic rings. The Bertz CT molecular complexity index is 793. The lowest BCUT2D eigenvalue weighted by Crippen LogP contribution is -2.02. The summed E-state index contributed by atoms with van der Waals surface area (Å²) in [6.07, 6.45) is 5.20. The van der Waals surface area contributed by atoms with E-state index in [9.17, 15) is 4.79 Å². The number of nitrogens with zero attached hydrogens (tertiary/aromatic N) is 3. The summed E-state index contributed by atoms with van der Waals surface area (Å²) >= 11 is 0. The predicted octanol–water partition coefficient (Wildman–Crippen LogP) is 2.52. The maximum absolute atomic E-state index is 11.8. The van der Waals surface area contributed by atoms with Gasteiger partial charge in [-0.2, -0.15) is 5.10 Å². The summed E-state index contributed by atoms with van der Waals surface area (Å²) in [5, 5.41) is 5.12. The molecule has 2 aromatic heterocycles. The van der Waals surface area contributed by atoms with Crippen molar-refractivity contribution < 1.29 is 9.53 Å². The van der Waals surface area contributed by atoms with E-state index in [1.165, 1.54) is 7.11 Å². The summed E-state index contributed by atoms with van der Waals surface area (Å²) in [5.41, 5.74) is 3.27. The maximum Gasteiger partial charge on any atom is 0.338 e. The molecule has 0 atom stereocenters. The molecule has 0 radical (unpaired) electrons. The standard InChI is InChI=1S/C15H13N3O2/c1-10-6-11(8-16-7-10)18-14-5-3-4-12(15(19)20-2)13(14)9-17-18/h3-9H,1-2H3. The predicted molar refractivity (Wildman–Crippen MR) is 74.9 cm³/mol. The number of rotatable bonds is 2. The number of aryl methyl sites for hydroxylation is 1. The Morgan fingerprint density at radius 3 is 2.85 bits per heavy atom. The summed E-state index contributed by atoms with van der Waals surface area (Å²) in [4.78, 5) is 15.9. The van der Waals surface area contributed by atoms with E-state index in [1.807, 2.05) is 25.1 Å². The van der Waals surface area contributed by atoms with Crippen molar-refractivity contribution >= 4 is 16.9 Å². The van der Waals surface area contributed by atoms with Crippen molar-refractivity contribution in [2.24, 2.45) is 0 Å². The van der Waals surface area contributed by atoms with Crippen LogP contribution < -0.4 is 0 Å². The Morgan fingerprint density at radius 2 is 2.10 bits per heavy atom. The van der Waals surface area contributed by atoms with Crippen LogP contribution in [0.1, 0.15) is 15.9 Å². The molecule has 0 aliphatic heterocycles. The van der Waals surface area contributed by atoms with Crippen LogP contribution in [0.3, 0.4) is 0 Å². The number of carbonyl (C=O) groups excluding carboxylic acids is 1. The number of pyridine rings is 1. The van der Waals surface area contributed by atoms with Gasteiger partial charge in [-0.3, -0.25) is 4.98 Å². The third-order valence-electron chi connectivity index (χ3n) is 3.12. The number of methoxy groups -OCH3 is 1. The average molecular weight is 267 g/mol. The molecular formula is C15H13N3O2. The van der Waals surface area contributed by atoms with E-state index in [-0.39, 0.29) is 5.97 Å². The molecule has 5 heteroatoms. The van der Waals surface area contributed by atoms with Crippen molar-refractivity contribution in [3.63, 3.8) is 0 Å². The van der Waals surface area contributed by atoms with E-state index in [1.54, 1.807) is 29.3 Å². The number of carbonyl (C=O) groups is 1. The highest BCUT2D eigenvalue weighted by Gasteiger charge is 2.14. The molecule has 5 nitrogen and oxygen atoms in total. The third kappa shape index (κ3) is 1.93. The van der Waals surface area contributed by atoms with Crippen LogP contribution in [0.15, 0.2) is 42.9 Å². The van der Waals surface area contributed by atoms with Crippen molar-refractivity contribution in [2.45, 2.75) is 6.92 Å². The zero-order valence-corrected chi connectivity index (χ0v) is 11.2. The number of esters is 1. The molecule has 0 bridgehead atoms. The second-order valence-corrected chi connectivity index (χ2v) is 4.51. The van der Waals surface area contributed by atoms with E-state index in [2.05, 4.69) is 10.1 Å². The minimum Gasteiger partial charge on any atom is -0.465 e. The monoisotopic (exact) mass is 267 g/mol. The fraction of sp³-hybridized carbons (Fsp3) is 0.133. The molecular weight excluding hydrogens is 254 g/mol. The molecule has 0 aliphatic rings. The zero-order valence-electron chi connectivity index (χ0n) is 11.2.